The molecule has 2 amide bonds. The van der Waals surface area contributed by atoms with E-state index in [1.54, 1.807) is 24.3 Å². The first-order valence-corrected chi connectivity index (χ1v) is 6.90. The molecule has 1 aromatic carbocycles. The van der Waals surface area contributed by atoms with Crippen LogP contribution in [0.3, 0.4) is 0 Å². The van der Waals surface area contributed by atoms with Crippen molar-refractivity contribution in [3.8, 4) is 0 Å². The van der Waals surface area contributed by atoms with Gasteiger partial charge in [0, 0.05) is 12.8 Å². The van der Waals surface area contributed by atoms with E-state index in [-0.39, 0.29) is 30.2 Å². The number of benzene rings is 1. The first-order valence-electron chi connectivity index (χ1n) is 6.90. The van der Waals surface area contributed by atoms with Crippen LogP contribution in [0.25, 0.3) is 0 Å². The maximum Gasteiger partial charge on any atom is 0.307 e. The fraction of sp³-hybridized carbons (Fsp3) is 0.438. The normalized spacial score (nSPS) is 17.9. The van der Waals surface area contributed by atoms with Gasteiger partial charge < -0.3 is 5.11 Å². The number of carbonyl (C=O) groups is 3. The highest BCUT2D eigenvalue weighted by atomic mass is 16.4. The standard InChI is InChI=1S/C16H19NO4/c1-16(2)8-13(18)17(14(19)9-16)10-12-6-4-3-5-11(12)7-15(20)21/h3-6H,7-10H2,1-2H3,(H,20,21). The van der Waals surface area contributed by atoms with Gasteiger partial charge in [0.05, 0.1) is 13.0 Å². The van der Waals surface area contributed by atoms with Gasteiger partial charge in [-0.05, 0) is 16.5 Å². The van der Waals surface area contributed by atoms with Gasteiger partial charge in [0.1, 0.15) is 0 Å². The molecule has 0 atom stereocenters. The summed E-state index contributed by atoms with van der Waals surface area (Å²) in [5.74, 6) is -1.32. The van der Waals surface area contributed by atoms with E-state index < -0.39 is 5.97 Å². The summed E-state index contributed by atoms with van der Waals surface area (Å²) in [6.45, 7) is 3.95. The molecule has 0 aliphatic carbocycles. The zero-order valence-corrected chi connectivity index (χ0v) is 12.3. The lowest BCUT2D eigenvalue weighted by atomic mass is 9.81. The summed E-state index contributed by atoms with van der Waals surface area (Å²) in [5, 5.41) is 8.92. The zero-order chi connectivity index (χ0) is 15.6. The molecule has 0 aromatic heterocycles. The maximum absolute atomic E-state index is 12.1. The number of nitrogens with zero attached hydrogens (tertiary/aromatic N) is 1. The minimum atomic E-state index is -0.931. The molecule has 2 rings (SSSR count). The second-order valence-electron chi connectivity index (χ2n) is 6.23. The summed E-state index contributed by atoms with van der Waals surface area (Å²) in [6, 6.07) is 7.01. The van der Waals surface area contributed by atoms with Gasteiger partial charge in [-0.1, -0.05) is 38.1 Å². The first-order chi connectivity index (χ1) is 9.78. The minimum Gasteiger partial charge on any atom is -0.481 e. The number of likely N-dealkylation sites (tertiary alicyclic amines) is 1. The van der Waals surface area contributed by atoms with E-state index in [4.69, 9.17) is 5.11 Å². The van der Waals surface area contributed by atoms with Crippen LogP contribution in [0.2, 0.25) is 0 Å². The lowest BCUT2D eigenvalue weighted by Gasteiger charge is -2.35. The van der Waals surface area contributed by atoms with E-state index in [0.717, 1.165) is 0 Å². The number of carboxylic acid groups (broad SMARTS) is 1. The summed E-state index contributed by atoms with van der Waals surface area (Å²) in [7, 11) is 0. The Morgan fingerprint density at radius 1 is 1.14 bits per heavy atom. The zero-order valence-electron chi connectivity index (χ0n) is 12.3. The van der Waals surface area contributed by atoms with Crippen molar-refractivity contribution in [3.63, 3.8) is 0 Å². The van der Waals surface area contributed by atoms with Crippen LogP contribution in [-0.4, -0.2) is 27.8 Å². The van der Waals surface area contributed by atoms with E-state index in [1.165, 1.54) is 4.90 Å². The van der Waals surface area contributed by atoms with E-state index in [2.05, 4.69) is 0 Å². The number of hydrogen-bond donors (Lipinski definition) is 1. The molecule has 21 heavy (non-hydrogen) atoms. The smallest absolute Gasteiger partial charge is 0.307 e. The third-order valence-electron chi connectivity index (χ3n) is 3.65. The quantitative estimate of drug-likeness (QED) is 0.860. The van der Waals surface area contributed by atoms with Gasteiger partial charge in [-0.25, -0.2) is 0 Å². The SMILES string of the molecule is CC1(C)CC(=O)N(Cc2ccccc2CC(=O)O)C(=O)C1. The topological polar surface area (TPSA) is 74.7 Å². The van der Waals surface area contributed by atoms with Crippen LogP contribution in [0.5, 0.6) is 0 Å². The maximum atomic E-state index is 12.1. The first kappa shape index (κ1) is 15.2. The molecule has 1 aromatic rings. The second kappa shape index (κ2) is 5.68. The van der Waals surface area contributed by atoms with Crippen molar-refractivity contribution >= 4 is 17.8 Å². The van der Waals surface area contributed by atoms with E-state index >= 15 is 0 Å². The molecule has 0 radical (unpaired) electrons. The number of piperidine rings is 1. The number of amides is 2. The van der Waals surface area contributed by atoms with Gasteiger partial charge >= 0.3 is 5.97 Å². The molecule has 1 heterocycles. The van der Waals surface area contributed by atoms with E-state index in [1.807, 2.05) is 13.8 Å². The summed E-state index contributed by atoms with van der Waals surface area (Å²) in [6.07, 6.45) is 0.553. The summed E-state index contributed by atoms with van der Waals surface area (Å²) in [5.41, 5.74) is 1.04. The highest BCUT2D eigenvalue weighted by Gasteiger charge is 2.37. The monoisotopic (exact) mass is 289 g/mol. The number of hydrogen-bond acceptors (Lipinski definition) is 3. The van der Waals surface area contributed by atoms with Crippen LogP contribution < -0.4 is 0 Å². The van der Waals surface area contributed by atoms with Gasteiger partial charge in [0.15, 0.2) is 0 Å². The number of carbonyl (C=O) groups excluding carboxylic acids is 2. The summed E-state index contributed by atoms with van der Waals surface area (Å²) >= 11 is 0. The summed E-state index contributed by atoms with van der Waals surface area (Å²) in [4.78, 5) is 36.4. The Morgan fingerprint density at radius 3 is 2.19 bits per heavy atom. The molecule has 0 bridgehead atoms. The van der Waals surface area contributed by atoms with Gasteiger partial charge in [0.25, 0.3) is 0 Å². The predicted octanol–water partition coefficient (Wildman–Crippen LogP) is 1.99. The Hall–Kier alpha value is -2.17. The highest BCUT2D eigenvalue weighted by Crippen LogP contribution is 2.32. The van der Waals surface area contributed by atoms with Crippen molar-refractivity contribution < 1.29 is 19.5 Å². The van der Waals surface area contributed by atoms with Crippen molar-refractivity contribution in [2.75, 3.05) is 0 Å². The fourth-order valence-corrected chi connectivity index (χ4v) is 2.61. The van der Waals surface area contributed by atoms with Crippen LogP contribution in [0.4, 0.5) is 0 Å². The number of aliphatic carboxylic acids is 1. The van der Waals surface area contributed by atoms with Gasteiger partial charge in [-0.2, -0.15) is 0 Å². The molecule has 0 spiro atoms. The molecule has 1 fully saturated rings. The van der Waals surface area contributed by atoms with Crippen molar-refractivity contribution in [1.82, 2.24) is 4.90 Å². The molecule has 5 heteroatoms. The van der Waals surface area contributed by atoms with Crippen LogP contribution in [-0.2, 0) is 27.3 Å². The summed E-state index contributed by atoms with van der Waals surface area (Å²) < 4.78 is 0. The second-order valence-corrected chi connectivity index (χ2v) is 6.23. The third-order valence-corrected chi connectivity index (χ3v) is 3.65. The Labute approximate surface area is 123 Å². The highest BCUT2D eigenvalue weighted by molar-refractivity contribution is 5.98. The Kier molecular flexibility index (Phi) is 4.11. The molecular formula is C16H19NO4. The number of carboxylic acids is 1. The van der Waals surface area contributed by atoms with Gasteiger partial charge in [0.2, 0.25) is 11.8 Å². The Balaban J connectivity index is 2.20. The van der Waals surface area contributed by atoms with Crippen LogP contribution in [0.15, 0.2) is 24.3 Å². The largest absolute Gasteiger partial charge is 0.481 e. The van der Waals surface area contributed by atoms with Crippen LogP contribution >= 0.6 is 0 Å². The van der Waals surface area contributed by atoms with Crippen LogP contribution in [0.1, 0.15) is 37.8 Å². The molecule has 5 nitrogen and oxygen atoms in total. The number of rotatable bonds is 4. The molecule has 0 unspecified atom stereocenters. The van der Waals surface area contributed by atoms with Gasteiger partial charge in [-0.15, -0.1) is 0 Å². The molecule has 0 saturated carbocycles. The molecular weight excluding hydrogens is 270 g/mol. The average molecular weight is 289 g/mol. The number of imide groups is 1. The van der Waals surface area contributed by atoms with Crippen molar-refractivity contribution in [2.45, 2.75) is 39.7 Å². The lowest BCUT2D eigenvalue weighted by Crippen LogP contribution is -2.45. The molecule has 1 saturated heterocycles. The Morgan fingerprint density at radius 2 is 1.67 bits per heavy atom. The fourth-order valence-electron chi connectivity index (χ4n) is 2.61. The van der Waals surface area contributed by atoms with Crippen molar-refractivity contribution in [2.24, 2.45) is 5.41 Å². The van der Waals surface area contributed by atoms with E-state index in [9.17, 15) is 14.4 Å². The average Bonchev–Trinajstić information content (AvgIpc) is 2.33. The van der Waals surface area contributed by atoms with E-state index in [0.29, 0.717) is 24.0 Å². The molecule has 112 valence electrons. The van der Waals surface area contributed by atoms with Crippen LogP contribution in [0, 0.1) is 5.41 Å². The molecule has 1 aliphatic heterocycles. The van der Waals surface area contributed by atoms with Gasteiger partial charge in [-0.3, -0.25) is 19.3 Å². The van der Waals surface area contributed by atoms with Crippen molar-refractivity contribution in [3.05, 3.63) is 35.4 Å². The molecule has 1 aliphatic rings. The predicted molar refractivity (Wildman–Crippen MR) is 76.4 cm³/mol. The Bertz CT molecular complexity index is 572. The van der Waals surface area contributed by atoms with Crippen molar-refractivity contribution in [1.29, 1.82) is 0 Å². The molecule has 1 N–H and O–H groups in total. The third kappa shape index (κ3) is 3.68. The lowest BCUT2D eigenvalue weighted by molar-refractivity contribution is -0.153. The minimum absolute atomic E-state index is 0.113.